The minimum Gasteiger partial charge on any atom is -0.481 e. The Balaban J connectivity index is 1.82. The van der Waals surface area contributed by atoms with Crippen LogP contribution >= 0.6 is 0 Å². The lowest BCUT2D eigenvalue weighted by Gasteiger charge is -2.27. The van der Waals surface area contributed by atoms with Crippen LogP contribution in [0.25, 0.3) is 0 Å². The Kier molecular flexibility index (Phi) is 3.88. The van der Waals surface area contributed by atoms with E-state index in [9.17, 15) is 19.1 Å². The number of rotatable bonds is 5. The second-order valence-electron chi connectivity index (χ2n) is 6.56. The highest BCUT2D eigenvalue weighted by atomic mass is 19.1. The van der Waals surface area contributed by atoms with Gasteiger partial charge in [-0.15, -0.1) is 0 Å². The summed E-state index contributed by atoms with van der Waals surface area (Å²) in [6.07, 6.45) is 1.57. The van der Waals surface area contributed by atoms with Gasteiger partial charge in [-0.25, -0.2) is 4.39 Å². The van der Waals surface area contributed by atoms with Gasteiger partial charge in [0.25, 0.3) is 0 Å². The number of likely N-dealkylation sites (tertiary alicyclic amines) is 1. The smallest absolute Gasteiger partial charge is 0.313 e. The zero-order chi connectivity index (χ0) is 16.7. The number of ether oxygens (including phenoxy) is 1. The van der Waals surface area contributed by atoms with Crippen molar-refractivity contribution >= 4 is 11.9 Å². The molecule has 1 aromatic carbocycles. The lowest BCUT2D eigenvalue weighted by molar-refractivity contribution is -0.151. The van der Waals surface area contributed by atoms with Gasteiger partial charge in [0.05, 0.1) is 12.0 Å². The molecule has 6 heteroatoms. The first-order valence-electron chi connectivity index (χ1n) is 7.72. The first-order chi connectivity index (χ1) is 10.9. The molecule has 1 amide bonds. The Labute approximate surface area is 134 Å². The minimum absolute atomic E-state index is 0.0683. The van der Waals surface area contributed by atoms with Crippen molar-refractivity contribution in [1.29, 1.82) is 0 Å². The summed E-state index contributed by atoms with van der Waals surface area (Å²) in [4.78, 5) is 26.1. The van der Waals surface area contributed by atoms with E-state index in [1.165, 1.54) is 13.2 Å². The van der Waals surface area contributed by atoms with Crippen LogP contribution in [0.2, 0.25) is 0 Å². The third-order valence-electron chi connectivity index (χ3n) is 5.06. The van der Waals surface area contributed by atoms with E-state index in [-0.39, 0.29) is 24.9 Å². The van der Waals surface area contributed by atoms with E-state index in [1.54, 1.807) is 23.1 Å². The molecule has 1 saturated carbocycles. The van der Waals surface area contributed by atoms with E-state index in [1.807, 2.05) is 0 Å². The summed E-state index contributed by atoms with van der Waals surface area (Å²) in [6.45, 7) is 0.550. The molecular formula is C17H20FNO4. The van der Waals surface area contributed by atoms with Crippen molar-refractivity contribution < 1.29 is 23.8 Å². The number of carboxylic acid groups (broad SMARTS) is 1. The van der Waals surface area contributed by atoms with Crippen LogP contribution in [-0.2, 0) is 19.7 Å². The maximum Gasteiger partial charge on any atom is 0.313 e. The van der Waals surface area contributed by atoms with Gasteiger partial charge in [-0.3, -0.25) is 9.59 Å². The van der Waals surface area contributed by atoms with E-state index in [4.69, 9.17) is 4.74 Å². The molecule has 0 radical (unpaired) electrons. The van der Waals surface area contributed by atoms with Gasteiger partial charge in [-0.05, 0) is 25.3 Å². The van der Waals surface area contributed by atoms with Crippen molar-refractivity contribution in [1.82, 2.24) is 4.90 Å². The Hall–Kier alpha value is -1.95. The molecule has 1 aliphatic heterocycles. The highest BCUT2D eigenvalue weighted by Gasteiger charge is 2.57. The second kappa shape index (κ2) is 5.60. The van der Waals surface area contributed by atoms with Gasteiger partial charge in [0.1, 0.15) is 11.2 Å². The number of nitrogens with zero attached hydrogens (tertiary/aromatic N) is 1. The van der Waals surface area contributed by atoms with Crippen LogP contribution in [-0.4, -0.2) is 48.7 Å². The monoisotopic (exact) mass is 321 g/mol. The van der Waals surface area contributed by atoms with Crippen LogP contribution < -0.4 is 0 Å². The maximum absolute atomic E-state index is 14.1. The van der Waals surface area contributed by atoms with Gasteiger partial charge in [-0.2, -0.15) is 0 Å². The molecule has 1 atom stereocenters. The average Bonchev–Trinajstić information content (AvgIpc) is 3.21. The van der Waals surface area contributed by atoms with Crippen molar-refractivity contribution in [2.75, 3.05) is 26.8 Å². The molecule has 3 rings (SSSR count). The zero-order valence-electron chi connectivity index (χ0n) is 13.0. The standard InChI is InChI=1S/C17H20FNO4/c1-23-11-16(15(21)22)8-9-19(10-16)14(20)17(6-7-17)12-4-2-3-5-13(12)18/h2-5H,6-11H2,1H3,(H,21,22). The summed E-state index contributed by atoms with van der Waals surface area (Å²) in [7, 11) is 1.46. The second-order valence-corrected chi connectivity index (χ2v) is 6.56. The van der Waals surface area contributed by atoms with Gasteiger partial charge < -0.3 is 14.7 Å². The molecule has 124 valence electrons. The largest absolute Gasteiger partial charge is 0.481 e. The number of benzene rings is 1. The van der Waals surface area contributed by atoms with E-state index < -0.39 is 16.8 Å². The predicted molar refractivity (Wildman–Crippen MR) is 80.5 cm³/mol. The van der Waals surface area contributed by atoms with Crippen LogP contribution in [0.3, 0.4) is 0 Å². The number of carbonyl (C=O) groups is 2. The van der Waals surface area contributed by atoms with Crippen molar-refractivity contribution in [3.8, 4) is 0 Å². The summed E-state index contributed by atoms with van der Waals surface area (Å²) in [6, 6.07) is 6.33. The number of methoxy groups -OCH3 is 1. The molecule has 2 aliphatic rings. The van der Waals surface area contributed by atoms with Crippen molar-refractivity contribution in [2.45, 2.75) is 24.7 Å². The van der Waals surface area contributed by atoms with E-state index in [0.29, 0.717) is 31.4 Å². The number of hydrogen-bond acceptors (Lipinski definition) is 3. The fourth-order valence-corrected chi connectivity index (χ4v) is 3.55. The molecule has 0 spiro atoms. The van der Waals surface area contributed by atoms with Crippen molar-refractivity contribution in [2.24, 2.45) is 5.41 Å². The predicted octanol–water partition coefficient (Wildman–Crippen LogP) is 1.81. The van der Waals surface area contributed by atoms with Gasteiger partial charge in [0.15, 0.2) is 0 Å². The topological polar surface area (TPSA) is 66.8 Å². The Morgan fingerprint density at radius 3 is 2.57 bits per heavy atom. The molecule has 0 aromatic heterocycles. The number of amides is 1. The highest BCUT2D eigenvalue weighted by molar-refractivity contribution is 5.92. The zero-order valence-corrected chi connectivity index (χ0v) is 13.0. The summed E-state index contributed by atoms with van der Waals surface area (Å²) in [5.74, 6) is -1.49. The van der Waals surface area contributed by atoms with E-state index >= 15 is 0 Å². The van der Waals surface area contributed by atoms with Gasteiger partial charge in [0, 0.05) is 25.8 Å². The highest BCUT2D eigenvalue weighted by Crippen LogP contribution is 2.51. The first-order valence-corrected chi connectivity index (χ1v) is 7.72. The molecule has 5 nitrogen and oxygen atoms in total. The summed E-state index contributed by atoms with van der Waals surface area (Å²) >= 11 is 0. The molecule has 1 heterocycles. The van der Waals surface area contributed by atoms with E-state index in [2.05, 4.69) is 0 Å². The van der Waals surface area contributed by atoms with E-state index in [0.717, 1.165) is 0 Å². The van der Waals surface area contributed by atoms with Crippen LogP contribution in [0.15, 0.2) is 24.3 Å². The summed E-state index contributed by atoms with van der Waals surface area (Å²) in [5, 5.41) is 9.50. The third kappa shape index (κ3) is 2.51. The van der Waals surface area contributed by atoms with Crippen molar-refractivity contribution in [3.63, 3.8) is 0 Å². The quantitative estimate of drug-likeness (QED) is 0.898. The van der Waals surface area contributed by atoms with Gasteiger partial charge in [0.2, 0.25) is 5.91 Å². The number of carboxylic acids is 1. The Morgan fingerprint density at radius 2 is 2.00 bits per heavy atom. The van der Waals surface area contributed by atoms with Crippen LogP contribution in [0.4, 0.5) is 4.39 Å². The van der Waals surface area contributed by atoms with Crippen LogP contribution in [0.1, 0.15) is 24.8 Å². The fourth-order valence-electron chi connectivity index (χ4n) is 3.55. The van der Waals surface area contributed by atoms with Crippen LogP contribution in [0, 0.1) is 11.2 Å². The molecular weight excluding hydrogens is 301 g/mol. The molecule has 1 aromatic rings. The number of carbonyl (C=O) groups excluding carboxylic acids is 1. The number of hydrogen-bond donors (Lipinski definition) is 1. The lowest BCUT2D eigenvalue weighted by Crippen LogP contribution is -2.43. The molecule has 1 unspecified atom stereocenters. The minimum atomic E-state index is -1.06. The molecule has 2 fully saturated rings. The lowest BCUT2D eigenvalue weighted by atomic mass is 9.88. The molecule has 1 aliphatic carbocycles. The Bertz CT molecular complexity index is 643. The molecule has 1 saturated heterocycles. The normalized spacial score (nSPS) is 25.4. The fraction of sp³-hybridized carbons (Fsp3) is 0.529. The molecule has 23 heavy (non-hydrogen) atoms. The van der Waals surface area contributed by atoms with Crippen LogP contribution in [0.5, 0.6) is 0 Å². The Morgan fingerprint density at radius 1 is 1.30 bits per heavy atom. The summed E-state index contributed by atoms with van der Waals surface area (Å²) in [5.41, 5.74) is -1.45. The van der Waals surface area contributed by atoms with Gasteiger partial charge in [-0.1, -0.05) is 18.2 Å². The number of halogens is 1. The molecule has 1 N–H and O–H groups in total. The number of aliphatic carboxylic acids is 1. The molecule has 0 bridgehead atoms. The maximum atomic E-state index is 14.1. The summed E-state index contributed by atoms with van der Waals surface area (Å²) < 4.78 is 19.1. The SMILES string of the molecule is COCC1(C(=O)O)CCN(C(=O)C2(c3ccccc3F)CC2)C1. The third-order valence-corrected chi connectivity index (χ3v) is 5.06. The van der Waals surface area contributed by atoms with Crippen molar-refractivity contribution in [3.05, 3.63) is 35.6 Å². The van der Waals surface area contributed by atoms with Gasteiger partial charge >= 0.3 is 5.97 Å². The first kappa shape index (κ1) is 15.9. The average molecular weight is 321 g/mol.